The molecule has 1 heterocycles. The largest absolute Gasteiger partial charge is 0.483 e. The van der Waals surface area contributed by atoms with Crippen LogP contribution in [-0.4, -0.2) is 28.2 Å². The molecule has 2 amide bonds. The van der Waals surface area contributed by atoms with Crippen LogP contribution in [-0.2, 0) is 11.3 Å². The van der Waals surface area contributed by atoms with Crippen molar-refractivity contribution >= 4 is 11.8 Å². The van der Waals surface area contributed by atoms with Gasteiger partial charge in [0.05, 0.1) is 17.8 Å². The molecule has 0 fully saturated rings. The molecule has 0 spiro atoms. The molecule has 1 aromatic heterocycles. The van der Waals surface area contributed by atoms with Gasteiger partial charge in [-0.2, -0.15) is 5.10 Å². The number of ether oxygens (including phenoxy) is 1. The smallest absolute Gasteiger partial charge is 0.276 e. The van der Waals surface area contributed by atoms with Gasteiger partial charge in [0.1, 0.15) is 5.75 Å². The third-order valence-electron chi connectivity index (χ3n) is 4.80. The highest BCUT2D eigenvalue weighted by molar-refractivity contribution is 5.97. The van der Waals surface area contributed by atoms with E-state index in [9.17, 15) is 9.59 Å². The first-order valence-corrected chi connectivity index (χ1v) is 9.72. The molecule has 0 unspecified atom stereocenters. The summed E-state index contributed by atoms with van der Waals surface area (Å²) in [6, 6.07) is 15.7. The summed E-state index contributed by atoms with van der Waals surface area (Å²) in [5, 5.41) is 4.47. The van der Waals surface area contributed by atoms with Crippen LogP contribution in [0.2, 0.25) is 0 Å². The second-order valence-electron chi connectivity index (χ2n) is 7.25. The van der Waals surface area contributed by atoms with Crippen molar-refractivity contribution in [1.29, 1.82) is 0 Å². The van der Waals surface area contributed by atoms with Gasteiger partial charge in [-0.25, -0.2) is 0 Å². The Labute approximate surface area is 176 Å². The number of hydrogen-bond donors (Lipinski definition) is 2. The summed E-state index contributed by atoms with van der Waals surface area (Å²) >= 11 is 0. The molecule has 0 bridgehead atoms. The third-order valence-corrected chi connectivity index (χ3v) is 4.80. The van der Waals surface area contributed by atoms with E-state index < -0.39 is 11.8 Å². The first-order valence-electron chi connectivity index (χ1n) is 9.72. The number of hydrazine groups is 1. The molecular formula is C23H26N4O3. The number of carbonyl (C=O) groups is 2. The first-order chi connectivity index (χ1) is 14.3. The summed E-state index contributed by atoms with van der Waals surface area (Å²) in [7, 11) is 0. The summed E-state index contributed by atoms with van der Waals surface area (Å²) in [6.07, 6.45) is 0. The number of nitrogens with zero attached hydrogens (tertiary/aromatic N) is 2. The Morgan fingerprint density at radius 2 is 1.73 bits per heavy atom. The minimum Gasteiger partial charge on any atom is -0.483 e. The van der Waals surface area contributed by atoms with Crippen molar-refractivity contribution < 1.29 is 14.3 Å². The topological polar surface area (TPSA) is 85.2 Å². The number of aromatic nitrogens is 2. The highest BCUT2D eigenvalue weighted by atomic mass is 16.5. The van der Waals surface area contributed by atoms with Gasteiger partial charge >= 0.3 is 0 Å². The lowest BCUT2D eigenvalue weighted by Gasteiger charge is -2.11. The van der Waals surface area contributed by atoms with E-state index in [0.717, 1.165) is 22.4 Å². The van der Waals surface area contributed by atoms with E-state index in [1.165, 1.54) is 0 Å². The second-order valence-corrected chi connectivity index (χ2v) is 7.25. The maximum atomic E-state index is 12.6. The van der Waals surface area contributed by atoms with Gasteiger partial charge in [-0.15, -0.1) is 0 Å². The van der Waals surface area contributed by atoms with Gasteiger partial charge in [-0.3, -0.25) is 25.1 Å². The summed E-state index contributed by atoms with van der Waals surface area (Å²) in [5.74, 6) is -0.217. The fourth-order valence-corrected chi connectivity index (χ4v) is 3.17. The summed E-state index contributed by atoms with van der Waals surface area (Å²) < 4.78 is 7.34. The van der Waals surface area contributed by atoms with Gasteiger partial charge in [-0.05, 0) is 50.5 Å². The van der Waals surface area contributed by atoms with Gasteiger partial charge in [-0.1, -0.05) is 42.5 Å². The molecule has 156 valence electrons. The summed E-state index contributed by atoms with van der Waals surface area (Å²) in [4.78, 5) is 24.7. The molecule has 2 N–H and O–H groups in total. The Bertz CT molecular complexity index is 1060. The minimum atomic E-state index is -0.448. The van der Waals surface area contributed by atoms with Crippen molar-refractivity contribution in [3.05, 3.63) is 82.2 Å². The van der Waals surface area contributed by atoms with Gasteiger partial charge in [0.15, 0.2) is 6.61 Å². The molecule has 0 atom stereocenters. The van der Waals surface area contributed by atoms with E-state index in [-0.39, 0.29) is 6.61 Å². The van der Waals surface area contributed by atoms with E-state index in [2.05, 4.69) is 16.0 Å². The predicted molar refractivity (Wildman–Crippen MR) is 114 cm³/mol. The van der Waals surface area contributed by atoms with Gasteiger partial charge < -0.3 is 4.74 Å². The van der Waals surface area contributed by atoms with Crippen molar-refractivity contribution in [1.82, 2.24) is 20.6 Å². The Morgan fingerprint density at radius 1 is 1.00 bits per heavy atom. The van der Waals surface area contributed by atoms with Crippen LogP contribution in [0.3, 0.4) is 0 Å². The molecule has 7 nitrogen and oxygen atoms in total. The van der Waals surface area contributed by atoms with Gasteiger partial charge in [0, 0.05) is 5.69 Å². The average Bonchev–Trinajstić information content (AvgIpc) is 3.00. The van der Waals surface area contributed by atoms with E-state index >= 15 is 0 Å². The lowest BCUT2D eigenvalue weighted by atomic mass is 10.1. The highest BCUT2D eigenvalue weighted by Gasteiger charge is 2.19. The van der Waals surface area contributed by atoms with Crippen molar-refractivity contribution in [2.24, 2.45) is 0 Å². The van der Waals surface area contributed by atoms with E-state index in [1.807, 2.05) is 69.3 Å². The Balaban J connectivity index is 1.58. The molecule has 0 saturated carbocycles. The van der Waals surface area contributed by atoms with Crippen LogP contribution in [0.15, 0.2) is 48.5 Å². The Morgan fingerprint density at radius 3 is 2.47 bits per heavy atom. The minimum absolute atomic E-state index is 0.199. The van der Waals surface area contributed by atoms with Crippen LogP contribution in [0.25, 0.3) is 0 Å². The molecule has 30 heavy (non-hydrogen) atoms. The standard InChI is InChI=1S/C23H26N4O3/c1-15-10-11-16(2)20(12-15)30-14-21(28)24-25-23(29)22-17(3)26-27(18(22)4)13-19-8-6-5-7-9-19/h5-12H,13-14H2,1-4H3,(H,24,28)(H,25,29). The van der Waals surface area contributed by atoms with Crippen molar-refractivity contribution in [3.8, 4) is 5.75 Å². The lowest BCUT2D eigenvalue weighted by Crippen LogP contribution is -2.44. The normalized spacial score (nSPS) is 10.5. The van der Waals surface area contributed by atoms with Gasteiger partial charge in [0.2, 0.25) is 0 Å². The number of amides is 2. The van der Waals surface area contributed by atoms with Crippen molar-refractivity contribution in [3.63, 3.8) is 0 Å². The third kappa shape index (κ3) is 5.05. The monoisotopic (exact) mass is 406 g/mol. The predicted octanol–water partition coefficient (Wildman–Crippen LogP) is 3.01. The number of hydrogen-bond acceptors (Lipinski definition) is 4. The van der Waals surface area contributed by atoms with E-state index in [0.29, 0.717) is 23.6 Å². The van der Waals surface area contributed by atoms with E-state index in [4.69, 9.17) is 4.74 Å². The zero-order valence-corrected chi connectivity index (χ0v) is 17.7. The zero-order chi connectivity index (χ0) is 21.7. The molecular weight excluding hydrogens is 380 g/mol. The van der Waals surface area contributed by atoms with Crippen LogP contribution in [0.1, 0.15) is 38.4 Å². The van der Waals surface area contributed by atoms with Crippen molar-refractivity contribution in [2.45, 2.75) is 34.2 Å². The number of aryl methyl sites for hydroxylation is 3. The fourth-order valence-electron chi connectivity index (χ4n) is 3.17. The van der Waals surface area contributed by atoms with Crippen molar-refractivity contribution in [2.75, 3.05) is 6.61 Å². The summed E-state index contributed by atoms with van der Waals surface area (Å²) in [5.41, 5.74) is 9.70. The average molecular weight is 406 g/mol. The lowest BCUT2D eigenvalue weighted by molar-refractivity contribution is -0.123. The number of nitrogens with one attached hydrogen (secondary N) is 2. The van der Waals surface area contributed by atoms with E-state index in [1.54, 1.807) is 11.6 Å². The van der Waals surface area contributed by atoms with Crippen LogP contribution < -0.4 is 15.6 Å². The molecule has 3 rings (SSSR count). The highest BCUT2D eigenvalue weighted by Crippen LogP contribution is 2.19. The quantitative estimate of drug-likeness (QED) is 0.617. The molecule has 0 saturated heterocycles. The summed E-state index contributed by atoms with van der Waals surface area (Å²) in [6.45, 7) is 7.84. The van der Waals surface area contributed by atoms with Crippen LogP contribution >= 0.6 is 0 Å². The second kappa shape index (κ2) is 9.26. The maximum Gasteiger partial charge on any atom is 0.276 e. The zero-order valence-electron chi connectivity index (χ0n) is 17.7. The molecule has 0 aliphatic heterocycles. The van der Waals surface area contributed by atoms with Crippen LogP contribution in [0, 0.1) is 27.7 Å². The number of carbonyl (C=O) groups excluding carboxylic acids is 2. The number of benzene rings is 2. The van der Waals surface area contributed by atoms with Crippen LogP contribution in [0.5, 0.6) is 5.75 Å². The van der Waals surface area contributed by atoms with Crippen LogP contribution in [0.4, 0.5) is 0 Å². The molecule has 0 aliphatic rings. The molecule has 3 aromatic rings. The molecule has 2 aromatic carbocycles. The first kappa shape index (κ1) is 21.1. The molecule has 7 heteroatoms. The Hall–Kier alpha value is -3.61. The molecule has 0 radical (unpaired) electrons. The fraction of sp³-hybridized carbons (Fsp3) is 0.261. The molecule has 0 aliphatic carbocycles. The number of rotatable bonds is 6. The Kier molecular flexibility index (Phi) is 6.51. The SMILES string of the molecule is Cc1ccc(C)c(OCC(=O)NNC(=O)c2c(C)nn(Cc3ccccc3)c2C)c1. The van der Waals surface area contributed by atoms with Gasteiger partial charge in [0.25, 0.3) is 11.8 Å². The maximum absolute atomic E-state index is 12.6.